The van der Waals surface area contributed by atoms with Gasteiger partial charge in [0.05, 0.1) is 11.1 Å². The molecule has 0 aromatic carbocycles. The maximum atomic E-state index is 8.52. The number of rotatable bonds is 18. The van der Waals surface area contributed by atoms with Crippen molar-refractivity contribution in [3.05, 3.63) is 0 Å². The molecule has 0 aliphatic carbocycles. The smallest absolute Gasteiger partial charge is 0.0945 e. The van der Waals surface area contributed by atoms with E-state index < -0.39 is 10.4 Å². The Hall–Kier alpha value is -0.210. The van der Waals surface area contributed by atoms with Gasteiger partial charge >= 0.3 is 0 Å². The number of hydrogen-bond donors (Lipinski definition) is 2. The summed E-state index contributed by atoms with van der Waals surface area (Å²) in [6.07, 6.45) is 24.1. The van der Waals surface area contributed by atoms with Crippen molar-refractivity contribution in [1.82, 2.24) is 0 Å². The maximum Gasteiger partial charge on any atom is 0.0945 e. The van der Waals surface area contributed by atoms with Crippen LogP contribution in [0.25, 0.3) is 0 Å². The molecule has 0 aliphatic heterocycles. The Labute approximate surface area is 207 Å². The van der Waals surface area contributed by atoms with Crippen LogP contribution in [0, 0.1) is 0 Å². The van der Waals surface area contributed by atoms with E-state index in [1.807, 2.05) is 0 Å². The second-order valence-corrected chi connectivity index (χ2v) is 10.8. The van der Waals surface area contributed by atoms with Gasteiger partial charge in [0.1, 0.15) is 0 Å². The first kappa shape index (κ1) is 37.3. The van der Waals surface area contributed by atoms with Crippen LogP contribution in [-0.2, 0) is 10.4 Å². The largest absolute Gasteiger partial charge is 0.759 e. The highest BCUT2D eigenvalue weighted by Gasteiger charge is 2.26. The van der Waals surface area contributed by atoms with Crippen molar-refractivity contribution in [3.8, 4) is 0 Å². The highest BCUT2D eigenvalue weighted by molar-refractivity contribution is 7.79. The molecule has 0 unspecified atom stereocenters. The van der Waals surface area contributed by atoms with Gasteiger partial charge in [0.2, 0.25) is 0 Å². The summed E-state index contributed by atoms with van der Waals surface area (Å²) in [4.78, 5) is 0. The van der Waals surface area contributed by atoms with E-state index in [4.69, 9.17) is 17.5 Å². The minimum Gasteiger partial charge on any atom is -0.759 e. The van der Waals surface area contributed by atoms with Crippen LogP contribution in [0.1, 0.15) is 157 Å². The van der Waals surface area contributed by atoms with E-state index in [9.17, 15) is 0 Å². The number of hydrogen-bond acceptors (Lipinski definition) is 4. The molecule has 0 atom stereocenters. The summed E-state index contributed by atoms with van der Waals surface area (Å²) in [6.45, 7) is 13.7. The first-order valence-electron chi connectivity index (χ1n) is 13.7. The van der Waals surface area contributed by atoms with Gasteiger partial charge in [-0.3, -0.25) is 8.42 Å². The van der Waals surface area contributed by atoms with E-state index in [-0.39, 0.29) is 0 Å². The zero-order chi connectivity index (χ0) is 26.2. The molecule has 0 heterocycles. The topological polar surface area (TPSA) is 136 Å². The van der Waals surface area contributed by atoms with E-state index in [0.29, 0.717) is 11.1 Å². The van der Waals surface area contributed by atoms with Gasteiger partial charge in [-0.05, 0) is 12.8 Å². The van der Waals surface area contributed by atoms with Crippen molar-refractivity contribution in [2.75, 3.05) is 0 Å². The van der Waals surface area contributed by atoms with Gasteiger partial charge in [0.25, 0.3) is 0 Å². The lowest BCUT2D eigenvalue weighted by molar-refractivity contribution is -0.484. The van der Waals surface area contributed by atoms with Gasteiger partial charge in [-0.15, -0.1) is 0 Å². The zero-order valence-corrected chi connectivity index (χ0v) is 24.0. The van der Waals surface area contributed by atoms with Crippen molar-refractivity contribution in [2.45, 2.75) is 168 Å². The standard InChI is InChI=1S/2C13H29N.H2O4S/c2*1-4-7-8-9-12-13(14,10-5-2)11-6-3;1-5(2,3)4/h2*4-12,14H2,1-3H3;(H2,1,2,3,4). The summed E-state index contributed by atoms with van der Waals surface area (Å²) < 4.78 is 34.1. The van der Waals surface area contributed by atoms with Crippen LogP contribution in [0.15, 0.2) is 0 Å². The summed E-state index contributed by atoms with van der Waals surface area (Å²) in [6, 6.07) is 0. The third-order valence-corrected chi connectivity index (χ3v) is 6.24. The first-order chi connectivity index (χ1) is 15.4. The van der Waals surface area contributed by atoms with Crippen molar-refractivity contribution in [3.63, 3.8) is 0 Å². The Bertz CT molecular complexity index is 449. The van der Waals surface area contributed by atoms with Gasteiger partial charge in [-0.1, -0.05) is 106 Å². The Morgan fingerprint density at radius 1 is 0.485 bits per heavy atom. The summed E-state index contributed by atoms with van der Waals surface area (Å²) in [7, 11) is -5.17. The highest BCUT2D eigenvalue weighted by Crippen LogP contribution is 2.22. The second-order valence-electron chi connectivity index (χ2n) is 10.0. The molecule has 6 N–H and O–H groups in total. The van der Waals surface area contributed by atoms with Crippen LogP contribution < -0.4 is 11.5 Å². The molecule has 0 fully saturated rings. The molecule has 0 saturated carbocycles. The number of unbranched alkanes of at least 4 members (excludes halogenated alkanes) is 6. The summed E-state index contributed by atoms with van der Waals surface area (Å²) >= 11 is 0. The van der Waals surface area contributed by atoms with Crippen LogP contribution in [0.3, 0.4) is 0 Å². The molecule has 0 aliphatic rings. The fourth-order valence-corrected chi connectivity index (χ4v) is 4.72. The Kier molecular flexibility index (Phi) is 26.6. The summed E-state index contributed by atoms with van der Waals surface area (Å²) in [5.74, 6) is 0. The highest BCUT2D eigenvalue weighted by atomic mass is 32.3. The van der Waals surface area contributed by atoms with Crippen LogP contribution in [-0.4, -0.2) is 28.6 Å². The molecule has 0 aromatic rings. The van der Waals surface area contributed by atoms with Crippen molar-refractivity contribution in [2.24, 2.45) is 0 Å². The molecular formula is C26H60N2O4S. The normalized spacial score (nSPS) is 11.9. The quantitative estimate of drug-likeness (QED) is 0.142. The number of quaternary nitrogens is 2. The molecule has 0 saturated heterocycles. The third-order valence-electron chi connectivity index (χ3n) is 6.24. The van der Waals surface area contributed by atoms with Crippen LogP contribution >= 0.6 is 0 Å². The Morgan fingerprint density at radius 3 is 0.909 bits per heavy atom. The lowest BCUT2D eigenvalue weighted by Gasteiger charge is -2.25. The van der Waals surface area contributed by atoms with Gasteiger partial charge in [-0.2, -0.15) is 0 Å². The minimum atomic E-state index is -5.17. The van der Waals surface area contributed by atoms with E-state index >= 15 is 0 Å². The molecule has 0 aromatic heterocycles. The fourth-order valence-electron chi connectivity index (χ4n) is 4.72. The fraction of sp³-hybridized carbons (Fsp3) is 1.00. The van der Waals surface area contributed by atoms with Crippen LogP contribution in [0.4, 0.5) is 0 Å². The van der Waals surface area contributed by atoms with Crippen LogP contribution in [0.2, 0.25) is 0 Å². The molecule has 6 nitrogen and oxygen atoms in total. The maximum absolute atomic E-state index is 8.52. The molecule has 0 spiro atoms. The molecule has 0 rings (SSSR count). The Balaban J connectivity index is -0.000000453. The monoisotopic (exact) mass is 496 g/mol. The van der Waals surface area contributed by atoms with Crippen LogP contribution in [0.5, 0.6) is 0 Å². The minimum absolute atomic E-state index is 0.400. The van der Waals surface area contributed by atoms with E-state index in [0.717, 1.165) is 0 Å². The van der Waals surface area contributed by atoms with E-state index in [1.165, 1.54) is 116 Å². The van der Waals surface area contributed by atoms with Crippen molar-refractivity contribution < 1.29 is 29.0 Å². The molecule has 0 bridgehead atoms. The summed E-state index contributed by atoms with van der Waals surface area (Å²) in [5, 5.41) is 0. The predicted molar refractivity (Wildman–Crippen MR) is 139 cm³/mol. The zero-order valence-electron chi connectivity index (χ0n) is 23.2. The van der Waals surface area contributed by atoms with Crippen molar-refractivity contribution in [1.29, 1.82) is 0 Å². The predicted octanol–water partition coefficient (Wildman–Crippen LogP) is 5.74. The lowest BCUT2D eigenvalue weighted by atomic mass is 9.84. The first-order valence-corrected chi connectivity index (χ1v) is 15.1. The molecule has 0 radical (unpaired) electrons. The van der Waals surface area contributed by atoms with Gasteiger partial charge in [0.15, 0.2) is 0 Å². The molecule has 0 amide bonds. The molecule has 7 heteroatoms. The average molecular weight is 497 g/mol. The molecular weight excluding hydrogens is 436 g/mol. The third kappa shape index (κ3) is 31.8. The average Bonchev–Trinajstić information content (AvgIpc) is 2.69. The lowest BCUT2D eigenvalue weighted by Crippen LogP contribution is -2.72. The van der Waals surface area contributed by atoms with Gasteiger partial charge in [0, 0.05) is 48.9 Å². The SMILES string of the molecule is CCCCCCC([NH3+])(CCC)CCC.CCCCCCC([NH3+])(CCC)CCC.O=S(=O)([O-])[O-]. The van der Waals surface area contributed by atoms with E-state index in [2.05, 4.69) is 53.0 Å². The van der Waals surface area contributed by atoms with E-state index in [1.54, 1.807) is 0 Å². The van der Waals surface area contributed by atoms with Crippen molar-refractivity contribution >= 4 is 10.4 Å². The molecule has 204 valence electrons. The van der Waals surface area contributed by atoms with Gasteiger partial charge < -0.3 is 20.6 Å². The summed E-state index contributed by atoms with van der Waals surface area (Å²) in [5.41, 5.74) is 9.69. The van der Waals surface area contributed by atoms with Gasteiger partial charge in [-0.25, -0.2) is 0 Å². The molecule has 33 heavy (non-hydrogen) atoms. The second kappa shape index (κ2) is 23.5. The Morgan fingerprint density at radius 2 is 0.727 bits per heavy atom.